The highest BCUT2D eigenvalue weighted by Crippen LogP contribution is 2.24. The molecule has 1 aromatic heterocycles. The van der Waals surface area contributed by atoms with E-state index < -0.39 is 0 Å². The molecule has 0 unspecified atom stereocenters. The number of aromatic nitrogens is 2. The van der Waals surface area contributed by atoms with Gasteiger partial charge in [-0.15, -0.1) is 0 Å². The molecule has 2 aromatic rings. The Balaban J connectivity index is 2.18. The zero-order chi connectivity index (χ0) is 13.1. The van der Waals surface area contributed by atoms with E-state index in [1.807, 2.05) is 36.2 Å². The third kappa shape index (κ3) is 3.34. The predicted molar refractivity (Wildman–Crippen MR) is 78.3 cm³/mol. The molecule has 0 aliphatic heterocycles. The van der Waals surface area contributed by atoms with Gasteiger partial charge in [0, 0.05) is 18.1 Å². The van der Waals surface area contributed by atoms with Gasteiger partial charge in [0.25, 0.3) is 0 Å². The van der Waals surface area contributed by atoms with Crippen molar-refractivity contribution in [3.63, 3.8) is 0 Å². The van der Waals surface area contributed by atoms with Gasteiger partial charge < -0.3 is 4.90 Å². The van der Waals surface area contributed by atoms with E-state index in [4.69, 9.17) is 23.2 Å². The van der Waals surface area contributed by atoms with E-state index in [0.29, 0.717) is 17.4 Å². The van der Waals surface area contributed by atoms with E-state index in [9.17, 15) is 0 Å². The molecule has 1 heterocycles. The van der Waals surface area contributed by atoms with Gasteiger partial charge in [0.15, 0.2) is 5.82 Å². The van der Waals surface area contributed by atoms with Gasteiger partial charge in [-0.1, -0.05) is 39.7 Å². The summed E-state index contributed by atoms with van der Waals surface area (Å²) in [7, 11) is 1.91. The molecule has 0 saturated carbocycles. The van der Waals surface area contributed by atoms with Crippen LogP contribution in [-0.2, 0) is 6.54 Å². The van der Waals surface area contributed by atoms with Crippen LogP contribution in [0.5, 0.6) is 0 Å². The number of halogens is 3. The van der Waals surface area contributed by atoms with Crippen LogP contribution in [0.2, 0.25) is 10.3 Å². The topological polar surface area (TPSA) is 29.0 Å². The summed E-state index contributed by atoms with van der Waals surface area (Å²) in [4.78, 5) is 9.89. The molecule has 0 N–H and O–H groups in total. The summed E-state index contributed by atoms with van der Waals surface area (Å²) in [6.45, 7) is 0.695. The molecule has 0 spiro atoms. The minimum absolute atomic E-state index is 0.192. The summed E-state index contributed by atoms with van der Waals surface area (Å²) in [5.74, 6) is 0.625. The van der Waals surface area contributed by atoms with Gasteiger partial charge in [-0.25, -0.2) is 4.98 Å². The van der Waals surface area contributed by atoms with E-state index in [1.165, 1.54) is 6.20 Å². The van der Waals surface area contributed by atoms with Crippen LogP contribution in [0, 0.1) is 0 Å². The fourth-order valence-corrected chi connectivity index (χ4v) is 2.17. The Hall–Kier alpha value is -0.840. The summed E-state index contributed by atoms with van der Waals surface area (Å²) in [5.41, 5.74) is 1.16. The normalized spacial score (nSPS) is 10.4. The first kappa shape index (κ1) is 13.6. The third-order valence-electron chi connectivity index (χ3n) is 2.39. The van der Waals surface area contributed by atoms with Crippen molar-refractivity contribution in [1.82, 2.24) is 9.97 Å². The van der Waals surface area contributed by atoms with Crippen molar-refractivity contribution in [2.45, 2.75) is 6.54 Å². The smallest absolute Gasteiger partial charge is 0.224 e. The number of benzene rings is 1. The molecule has 3 nitrogen and oxygen atoms in total. The molecule has 18 heavy (non-hydrogen) atoms. The summed E-state index contributed by atoms with van der Waals surface area (Å²) in [6, 6.07) is 8.07. The van der Waals surface area contributed by atoms with E-state index in [0.717, 1.165) is 10.0 Å². The highest BCUT2D eigenvalue weighted by Gasteiger charge is 2.10. The van der Waals surface area contributed by atoms with Gasteiger partial charge in [0.05, 0.1) is 6.20 Å². The standard InChI is InChI=1S/C12H10BrCl2N3/c1-18(7-8-2-4-9(13)5-3-8)11-10(14)6-16-12(15)17-11/h2-6H,7H2,1H3. The molecule has 0 aliphatic rings. The van der Waals surface area contributed by atoms with Gasteiger partial charge in [0.2, 0.25) is 5.28 Å². The first-order chi connectivity index (χ1) is 8.56. The van der Waals surface area contributed by atoms with Crippen molar-refractivity contribution in [3.05, 3.63) is 50.8 Å². The number of nitrogens with zero attached hydrogens (tertiary/aromatic N) is 3. The van der Waals surface area contributed by atoms with Crippen LogP contribution in [0.1, 0.15) is 5.56 Å². The number of hydrogen-bond acceptors (Lipinski definition) is 3. The van der Waals surface area contributed by atoms with Gasteiger partial charge in [-0.3, -0.25) is 0 Å². The van der Waals surface area contributed by atoms with Gasteiger partial charge >= 0.3 is 0 Å². The summed E-state index contributed by atoms with van der Waals surface area (Å²) in [5, 5.41) is 0.677. The second-order valence-corrected chi connectivity index (χ2v) is 5.45. The largest absolute Gasteiger partial charge is 0.354 e. The van der Waals surface area contributed by atoms with E-state index in [-0.39, 0.29) is 5.28 Å². The van der Waals surface area contributed by atoms with E-state index in [1.54, 1.807) is 0 Å². The lowest BCUT2D eigenvalue weighted by atomic mass is 10.2. The Kier molecular flexibility index (Phi) is 4.43. The second-order valence-electron chi connectivity index (χ2n) is 3.79. The SMILES string of the molecule is CN(Cc1ccc(Br)cc1)c1nc(Cl)ncc1Cl. The fourth-order valence-electron chi connectivity index (χ4n) is 1.54. The van der Waals surface area contributed by atoms with E-state index >= 15 is 0 Å². The van der Waals surface area contributed by atoms with Crippen LogP contribution in [-0.4, -0.2) is 17.0 Å². The van der Waals surface area contributed by atoms with Crippen LogP contribution in [0.4, 0.5) is 5.82 Å². The Morgan fingerprint density at radius 3 is 2.56 bits per heavy atom. The van der Waals surface area contributed by atoms with Crippen molar-refractivity contribution in [1.29, 1.82) is 0 Å². The molecule has 0 radical (unpaired) electrons. The van der Waals surface area contributed by atoms with Gasteiger partial charge in [0.1, 0.15) is 5.02 Å². The molecule has 94 valence electrons. The van der Waals surface area contributed by atoms with Crippen molar-refractivity contribution in [3.8, 4) is 0 Å². The van der Waals surface area contributed by atoms with Crippen LogP contribution in [0.15, 0.2) is 34.9 Å². The Morgan fingerprint density at radius 1 is 1.22 bits per heavy atom. The lowest BCUT2D eigenvalue weighted by Crippen LogP contribution is -2.18. The Bertz CT molecular complexity index is 546. The second kappa shape index (κ2) is 5.87. The summed E-state index contributed by atoms with van der Waals surface area (Å²) < 4.78 is 1.05. The zero-order valence-electron chi connectivity index (χ0n) is 9.57. The van der Waals surface area contributed by atoms with Gasteiger partial charge in [-0.05, 0) is 29.3 Å². The van der Waals surface area contributed by atoms with E-state index in [2.05, 4.69) is 25.9 Å². The number of anilines is 1. The van der Waals surface area contributed by atoms with Crippen molar-refractivity contribution in [2.75, 3.05) is 11.9 Å². The Morgan fingerprint density at radius 2 is 1.89 bits per heavy atom. The maximum atomic E-state index is 6.05. The molecule has 0 saturated heterocycles. The molecule has 0 amide bonds. The average molecular weight is 347 g/mol. The zero-order valence-corrected chi connectivity index (χ0v) is 12.7. The van der Waals surface area contributed by atoms with Crippen molar-refractivity contribution in [2.24, 2.45) is 0 Å². The van der Waals surface area contributed by atoms with Crippen LogP contribution in [0.25, 0.3) is 0 Å². The molecule has 6 heteroatoms. The first-order valence-corrected chi connectivity index (χ1v) is 6.75. The highest BCUT2D eigenvalue weighted by atomic mass is 79.9. The summed E-state index contributed by atoms with van der Waals surface area (Å²) >= 11 is 15.2. The molecule has 0 fully saturated rings. The van der Waals surface area contributed by atoms with Gasteiger partial charge in [-0.2, -0.15) is 4.98 Å². The quantitative estimate of drug-likeness (QED) is 0.780. The fraction of sp³-hybridized carbons (Fsp3) is 0.167. The lowest BCUT2D eigenvalue weighted by Gasteiger charge is -2.19. The molecule has 0 aliphatic carbocycles. The minimum Gasteiger partial charge on any atom is -0.354 e. The molecule has 1 aromatic carbocycles. The average Bonchev–Trinajstić information content (AvgIpc) is 2.35. The molecule has 0 atom stereocenters. The first-order valence-electron chi connectivity index (χ1n) is 5.20. The number of hydrogen-bond donors (Lipinski definition) is 0. The third-order valence-corrected chi connectivity index (χ3v) is 3.37. The maximum absolute atomic E-state index is 6.05. The molecular formula is C12H10BrCl2N3. The Labute approximate surface area is 124 Å². The molecular weight excluding hydrogens is 337 g/mol. The maximum Gasteiger partial charge on any atom is 0.224 e. The minimum atomic E-state index is 0.192. The molecule has 2 rings (SSSR count). The van der Waals surface area contributed by atoms with Crippen molar-refractivity contribution >= 4 is 44.9 Å². The number of rotatable bonds is 3. The predicted octanol–water partition coefficient (Wildman–Crippen LogP) is 4.18. The van der Waals surface area contributed by atoms with Crippen LogP contribution < -0.4 is 4.90 Å². The monoisotopic (exact) mass is 345 g/mol. The highest BCUT2D eigenvalue weighted by molar-refractivity contribution is 9.10. The summed E-state index contributed by atoms with van der Waals surface area (Å²) in [6.07, 6.45) is 1.50. The van der Waals surface area contributed by atoms with Crippen LogP contribution >= 0.6 is 39.1 Å². The lowest BCUT2D eigenvalue weighted by molar-refractivity contribution is 0.891. The molecule has 0 bridgehead atoms. The van der Waals surface area contributed by atoms with Crippen LogP contribution in [0.3, 0.4) is 0 Å². The van der Waals surface area contributed by atoms with Crippen molar-refractivity contribution < 1.29 is 0 Å².